The van der Waals surface area contributed by atoms with E-state index in [2.05, 4.69) is 0 Å². The van der Waals surface area contributed by atoms with Gasteiger partial charge in [0.1, 0.15) is 18.1 Å². The number of methoxy groups -OCH3 is 1. The number of esters is 1. The predicted octanol–water partition coefficient (Wildman–Crippen LogP) is 4.80. The van der Waals surface area contributed by atoms with Crippen molar-refractivity contribution in [3.05, 3.63) is 101 Å². The molecule has 3 aromatic carbocycles. The maximum atomic E-state index is 12.9. The molecule has 4 heteroatoms. The first-order valence-corrected chi connectivity index (χ1v) is 9.07. The number of carbonyl (C=O) groups is 1. The quantitative estimate of drug-likeness (QED) is 0.603. The average Bonchev–Trinajstić information content (AvgIpc) is 2.77. The third-order valence-corrected chi connectivity index (χ3v) is 4.64. The number of fused-ring (bicyclic) bond motifs is 1. The second-order valence-corrected chi connectivity index (χ2v) is 6.47. The third kappa shape index (κ3) is 3.76. The van der Waals surface area contributed by atoms with Crippen molar-refractivity contribution >= 4 is 12.0 Å². The highest BCUT2D eigenvalue weighted by Crippen LogP contribution is 2.31. The summed E-state index contributed by atoms with van der Waals surface area (Å²) < 4.78 is 16.8. The normalized spacial score (nSPS) is 13.5. The first-order chi connectivity index (χ1) is 13.7. The van der Waals surface area contributed by atoms with Crippen LogP contribution < -0.4 is 9.47 Å². The Hall–Kier alpha value is -3.53. The zero-order chi connectivity index (χ0) is 19.3. The second kappa shape index (κ2) is 8.01. The zero-order valence-electron chi connectivity index (χ0n) is 15.5. The SMILES string of the molecule is COc1ccc(C(OC(=O)C2=Cc3ccccc3OC2)c2ccccc2)cc1. The van der Waals surface area contributed by atoms with Crippen LogP contribution >= 0.6 is 0 Å². The standard InChI is InChI=1S/C24H20O4/c1-26-21-13-11-18(12-14-21)23(17-7-3-2-4-8-17)28-24(25)20-15-19-9-5-6-10-22(19)27-16-20/h2-15,23H,16H2,1H3. The summed E-state index contributed by atoms with van der Waals surface area (Å²) in [6.07, 6.45) is 1.31. The molecule has 4 rings (SSSR count). The second-order valence-electron chi connectivity index (χ2n) is 6.47. The number of hydrogen-bond donors (Lipinski definition) is 0. The molecule has 0 fully saturated rings. The molecule has 140 valence electrons. The van der Waals surface area contributed by atoms with E-state index >= 15 is 0 Å². The van der Waals surface area contributed by atoms with E-state index in [1.807, 2.05) is 84.9 Å². The van der Waals surface area contributed by atoms with Gasteiger partial charge in [-0.1, -0.05) is 60.7 Å². The van der Waals surface area contributed by atoms with E-state index in [9.17, 15) is 4.79 Å². The maximum Gasteiger partial charge on any atom is 0.338 e. The fourth-order valence-corrected chi connectivity index (χ4v) is 3.15. The van der Waals surface area contributed by atoms with Crippen LogP contribution in [0.1, 0.15) is 22.8 Å². The fourth-order valence-electron chi connectivity index (χ4n) is 3.15. The van der Waals surface area contributed by atoms with E-state index in [1.165, 1.54) is 0 Å². The number of ether oxygens (including phenoxy) is 3. The molecule has 1 atom stereocenters. The largest absolute Gasteiger partial charge is 0.497 e. The van der Waals surface area contributed by atoms with Crippen LogP contribution in [-0.4, -0.2) is 19.7 Å². The summed E-state index contributed by atoms with van der Waals surface area (Å²) in [5, 5.41) is 0. The molecular formula is C24H20O4. The molecule has 28 heavy (non-hydrogen) atoms. The van der Waals surface area contributed by atoms with Crippen LogP contribution in [0.25, 0.3) is 6.08 Å². The van der Waals surface area contributed by atoms with Gasteiger partial charge in [-0.15, -0.1) is 0 Å². The van der Waals surface area contributed by atoms with Crippen LogP contribution in [0, 0.1) is 0 Å². The van der Waals surface area contributed by atoms with Crippen molar-refractivity contribution in [2.24, 2.45) is 0 Å². The maximum absolute atomic E-state index is 12.9. The van der Waals surface area contributed by atoms with Gasteiger partial charge in [0.25, 0.3) is 0 Å². The van der Waals surface area contributed by atoms with Crippen molar-refractivity contribution in [3.63, 3.8) is 0 Å². The zero-order valence-corrected chi connectivity index (χ0v) is 15.5. The molecule has 0 saturated carbocycles. The van der Waals surface area contributed by atoms with Crippen molar-refractivity contribution in [2.75, 3.05) is 13.7 Å². The van der Waals surface area contributed by atoms with E-state index in [-0.39, 0.29) is 12.6 Å². The number of carbonyl (C=O) groups excluding carboxylic acids is 1. The number of benzene rings is 3. The topological polar surface area (TPSA) is 44.8 Å². The number of para-hydroxylation sites is 1. The van der Waals surface area contributed by atoms with E-state index in [1.54, 1.807) is 7.11 Å². The Bertz CT molecular complexity index is 991. The monoisotopic (exact) mass is 372 g/mol. The molecule has 0 spiro atoms. The van der Waals surface area contributed by atoms with Gasteiger partial charge in [-0.05, 0) is 35.4 Å². The lowest BCUT2D eigenvalue weighted by molar-refractivity contribution is -0.143. The molecule has 0 aromatic heterocycles. The van der Waals surface area contributed by atoms with Crippen molar-refractivity contribution < 1.29 is 19.0 Å². The molecule has 4 nitrogen and oxygen atoms in total. The van der Waals surface area contributed by atoms with Gasteiger partial charge in [-0.2, -0.15) is 0 Å². The first kappa shape index (κ1) is 17.9. The van der Waals surface area contributed by atoms with E-state index < -0.39 is 6.10 Å². The predicted molar refractivity (Wildman–Crippen MR) is 107 cm³/mol. The van der Waals surface area contributed by atoms with Crippen molar-refractivity contribution in [1.82, 2.24) is 0 Å². The first-order valence-electron chi connectivity index (χ1n) is 9.07. The van der Waals surface area contributed by atoms with E-state index in [0.29, 0.717) is 5.57 Å². The van der Waals surface area contributed by atoms with Gasteiger partial charge in [0.15, 0.2) is 6.10 Å². The summed E-state index contributed by atoms with van der Waals surface area (Å²) in [5.74, 6) is 1.13. The molecule has 1 heterocycles. The molecule has 0 saturated heterocycles. The van der Waals surface area contributed by atoms with Gasteiger partial charge >= 0.3 is 5.97 Å². The van der Waals surface area contributed by atoms with Gasteiger partial charge in [0.2, 0.25) is 0 Å². The highest BCUT2D eigenvalue weighted by molar-refractivity contribution is 5.95. The van der Waals surface area contributed by atoms with Crippen LogP contribution in [0.4, 0.5) is 0 Å². The van der Waals surface area contributed by atoms with Gasteiger partial charge in [-0.3, -0.25) is 0 Å². The van der Waals surface area contributed by atoms with Gasteiger partial charge in [0.05, 0.1) is 12.7 Å². The molecule has 3 aromatic rings. The lowest BCUT2D eigenvalue weighted by Gasteiger charge is -2.22. The minimum absolute atomic E-state index is 0.194. The molecule has 0 aliphatic carbocycles. The summed E-state index contributed by atoms with van der Waals surface area (Å²) in [5.41, 5.74) is 3.14. The summed E-state index contributed by atoms with van der Waals surface area (Å²) in [6.45, 7) is 0.194. The summed E-state index contributed by atoms with van der Waals surface area (Å²) in [7, 11) is 1.62. The van der Waals surface area contributed by atoms with Crippen LogP contribution in [0.15, 0.2) is 84.4 Å². The van der Waals surface area contributed by atoms with Gasteiger partial charge in [0, 0.05) is 5.56 Å². The van der Waals surface area contributed by atoms with Crippen LogP contribution in [0.3, 0.4) is 0 Å². The van der Waals surface area contributed by atoms with Crippen molar-refractivity contribution in [3.8, 4) is 11.5 Å². The Labute approximate surface area is 164 Å². The smallest absolute Gasteiger partial charge is 0.338 e. The van der Waals surface area contributed by atoms with E-state index in [4.69, 9.17) is 14.2 Å². The highest BCUT2D eigenvalue weighted by Gasteiger charge is 2.24. The summed E-state index contributed by atoms with van der Waals surface area (Å²) in [6, 6.07) is 24.8. The van der Waals surface area contributed by atoms with Gasteiger partial charge in [-0.25, -0.2) is 4.79 Å². The third-order valence-electron chi connectivity index (χ3n) is 4.64. The fraction of sp³-hybridized carbons (Fsp3) is 0.125. The molecule has 0 amide bonds. The Morgan fingerprint density at radius 3 is 2.32 bits per heavy atom. The van der Waals surface area contributed by atoms with E-state index in [0.717, 1.165) is 28.2 Å². The van der Waals surface area contributed by atoms with Gasteiger partial charge < -0.3 is 14.2 Å². The molecule has 1 unspecified atom stereocenters. The molecule has 0 N–H and O–H groups in total. The Morgan fingerprint density at radius 2 is 1.57 bits per heavy atom. The molecule has 0 radical (unpaired) electrons. The minimum Gasteiger partial charge on any atom is -0.497 e. The van der Waals surface area contributed by atoms with Crippen LogP contribution in [0.5, 0.6) is 11.5 Å². The Balaban J connectivity index is 1.62. The number of rotatable bonds is 5. The summed E-state index contributed by atoms with van der Waals surface area (Å²) in [4.78, 5) is 12.9. The molecule has 1 aliphatic heterocycles. The minimum atomic E-state index is -0.516. The number of hydrogen-bond acceptors (Lipinski definition) is 4. The highest BCUT2D eigenvalue weighted by atomic mass is 16.5. The average molecular weight is 372 g/mol. The molecular weight excluding hydrogens is 352 g/mol. The summed E-state index contributed by atoms with van der Waals surface area (Å²) >= 11 is 0. The van der Waals surface area contributed by atoms with Crippen LogP contribution in [0.2, 0.25) is 0 Å². The lowest BCUT2D eigenvalue weighted by Crippen LogP contribution is -2.20. The molecule has 1 aliphatic rings. The Morgan fingerprint density at radius 1 is 0.893 bits per heavy atom. The van der Waals surface area contributed by atoms with Crippen LogP contribution in [-0.2, 0) is 9.53 Å². The van der Waals surface area contributed by atoms with Crippen molar-refractivity contribution in [1.29, 1.82) is 0 Å². The lowest BCUT2D eigenvalue weighted by atomic mass is 10.0. The van der Waals surface area contributed by atoms with Crippen molar-refractivity contribution in [2.45, 2.75) is 6.10 Å². The molecule has 0 bridgehead atoms. The Kier molecular flexibility index (Phi) is 5.11.